The van der Waals surface area contributed by atoms with Crippen LogP contribution in [0.5, 0.6) is 0 Å². The minimum atomic E-state index is 0.360. The molecule has 1 aromatic carbocycles. The molecule has 0 amide bonds. The highest BCUT2D eigenvalue weighted by Gasteiger charge is 2.01. The van der Waals surface area contributed by atoms with E-state index in [4.69, 9.17) is 5.53 Å². The SMILES string of the molecule is [N-]=[N+]=NCc1c(Br)cccc1Br. The summed E-state index contributed by atoms with van der Waals surface area (Å²) in [4.78, 5) is 2.70. The van der Waals surface area contributed by atoms with Gasteiger partial charge in [0, 0.05) is 13.9 Å². The first-order valence-electron chi connectivity index (χ1n) is 3.19. The zero-order valence-electron chi connectivity index (χ0n) is 6.04. The second-order valence-electron chi connectivity index (χ2n) is 2.09. The Balaban J connectivity index is 3.03. The van der Waals surface area contributed by atoms with E-state index in [0.29, 0.717) is 6.54 Å². The lowest BCUT2D eigenvalue weighted by Gasteiger charge is -2.01. The summed E-state index contributed by atoms with van der Waals surface area (Å²) in [5, 5.41) is 3.48. The first kappa shape index (κ1) is 9.58. The van der Waals surface area contributed by atoms with Gasteiger partial charge in [0.05, 0.1) is 6.54 Å². The van der Waals surface area contributed by atoms with Crippen LogP contribution >= 0.6 is 31.9 Å². The molecule has 0 N–H and O–H groups in total. The van der Waals surface area contributed by atoms with E-state index in [0.717, 1.165) is 14.5 Å². The molecule has 0 saturated carbocycles. The van der Waals surface area contributed by atoms with E-state index < -0.39 is 0 Å². The molecule has 1 aromatic rings. The number of hydrogen-bond acceptors (Lipinski definition) is 1. The van der Waals surface area contributed by atoms with E-state index in [2.05, 4.69) is 41.9 Å². The summed E-state index contributed by atoms with van der Waals surface area (Å²) in [5.41, 5.74) is 9.10. The average Bonchev–Trinajstić information content (AvgIpc) is 2.04. The van der Waals surface area contributed by atoms with Gasteiger partial charge in [-0.2, -0.15) is 0 Å². The molecule has 0 radical (unpaired) electrons. The van der Waals surface area contributed by atoms with Crippen molar-refractivity contribution in [2.45, 2.75) is 6.54 Å². The molecule has 5 heteroatoms. The zero-order valence-corrected chi connectivity index (χ0v) is 9.21. The zero-order chi connectivity index (χ0) is 8.97. The van der Waals surface area contributed by atoms with Gasteiger partial charge < -0.3 is 0 Å². The summed E-state index contributed by atoms with van der Waals surface area (Å²) < 4.78 is 1.90. The first-order chi connectivity index (χ1) is 5.75. The smallest absolute Gasteiger partial charge is 0.0533 e. The van der Waals surface area contributed by atoms with Gasteiger partial charge in [-0.15, -0.1) is 0 Å². The molecule has 0 aromatic heterocycles. The van der Waals surface area contributed by atoms with Gasteiger partial charge in [-0.05, 0) is 23.2 Å². The van der Waals surface area contributed by atoms with E-state index >= 15 is 0 Å². The second-order valence-corrected chi connectivity index (χ2v) is 3.80. The van der Waals surface area contributed by atoms with Crippen molar-refractivity contribution in [2.24, 2.45) is 5.11 Å². The van der Waals surface area contributed by atoms with Gasteiger partial charge in [-0.3, -0.25) is 0 Å². The average molecular weight is 291 g/mol. The van der Waals surface area contributed by atoms with Crippen molar-refractivity contribution >= 4 is 31.9 Å². The highest BCUT2D eigenvalue weighted by molar-refractivity contribution is 9.11. The van der Waals surface area contributed by atoms with E-state index in [1.54, 1.807) is 0 Å². The van der Waals surface area contributed by atoms with Crippen molar-refractivity contribution in [3.05, 3.63) is 43.2 Å². The van der Waals surface area contributed by atoms with Crippen LogP contribution in [0.4, 0.5) is 0 Å². The van der Waals surface area contributed by atoms with Crippen LogP contribution < -0.4 is 0 Å². The molecule has 1 rings (SSSR count). The van der Waals surface area contributed by atoms with E-state index in [9.17, 15) is 0 Å². The van der Waals surface area contributed by atoms with Gasteiger partial charge in [0.15, 0.2) is 0 Å². The Morgan fingerprint density at radius 1 is 1.33 bits per heavy atom. The fourth-order valence-corrected chi connectivity index (χ4v) is 2.03. The summed E-state index contributed by atoms with van der Waals surface area (Å²) in [7, 11) is 0. The van der Waals surface area contributed by atoms with Crippen molar-refractivity contribution in [3.63, 3.8) is 0 Å². The maximum atomic E-state index is 8.14. The Hall–Kier alpha value is -0.510. The van der Waals surface area contributed by atoms with Gasteiger partial charge in [-0.25, -0.2) is 0 Å². The maximum Gasteiger partial charge on any atom is 0.0533 e. The third kappa shape index (κ3) is 2.24. The van der Waals surface area contributed by atoms with Gasteiger partial charge in [-0.1, -0.05) is 43.0 Å². The molecule has 12 heavy (non-hydrogen) atoms. The fraction of sp³-hybridized carbons (Fsp3) is 0.143. The highest BCUT2D eigenvalue weighted by atomic mass is 79.9. The predicted octanol–water partition coefficient (Wildman–Crippen LogP) is 4.02. The Bertz CT molecular complexity index is 311. The number of rotatable bonds is 2. The van der Waals surface area contributed by atoms with E-state index in [1.807, 2.05) is 18.2 Å². The summed E-state index contributed by atoms with van der Waals surface area (Å²) >= 11 is 6.73. The number of benzene rings is 1. The molecule has 0 unspecified atom stereocenters. The topological polar surface area (TPSA) is 48.8 Å². The van der Waals surface area contributed by atoms with E-state index in [-0.39, 0.29) is 0 Å². The van der Waals surface area contributed by atoms with Gasteiger partial charge in [0.1, 0.15) is 0 Å². The molecule has 0 bridgehead atoms. The van der Waals surface area contributed by atoms with Crippen LogP contribution in [0, 0.1) is 0 Å². The Kier molecular flexibility index (Phi) is 3.59. The maximum absolute atomic E-state index is 8.14. The lowest BCUT2D eigenvalue weighted by molar-refractivity contribution is 1.03. The Morgan fingerprint density at radius 3 is 2.42 bits per heavy atom. The molecule has 0 atom stereocenters. The minimum absolute atomic E-state index is 0.360. The normalized spacial score (nSPS) is 9.17. The van der Waals surface area contributed by atoms with Crippen molar-refractivity contribution in [1.82, 2.24) is 0 Å². The van der Waals surface area contributed by atoms with Gasteiger partial charge in [0.2, 0.25) is 0 Å². The van der Waals surface area contributed by atoms with E-state index in [1.165, 1.54) is 0 Å². The molecular formula is C7H5Br2N3. The van der Waals surface area contributed by atoms with Crippen LogP contribution in [-0.4, -0.2) is 0 Å². The molecule has 0 aliphatic heterocycles. The quantitative estimate of drug-likeness (QED) is 0.449. The molecule has 62 valence electrons. The molecule has 0 aliphatic carbocycles. The Morgan fingerprint density at radius 2 is 1.92 bits per heavy atom. The van der Waals surface area contributed by atoms with Crippen LogP contribution in [0.3, 0.4) is 0 Å². The van der Waals surface area contributed by atoms with Crippen LogP contribution in [0.1, 0.15) is 5.56 Å². The molecule has 0 spiro atoms. The van der Waals surface area contributed by atoms with Gasteiger partial charge in [0.25, 0.3) is 0 Å². The third-order valence-corrected chi connectivity index (χ3v) is 2.84. The molecular weight excluding hydrogens is 286 g/mol. The van der Waals surface area contributed by atoms with Crippen molar-refractivity contribution in [1.29, 1.82) is 0 Å². The lowest BCUT2D eigenvalue weighted by Crippen LogP contribution is -1.84. The van der Waals surface area contributed by atoms with Crippen molar-refractivity contribution in [3.8, 4) is 0 Å². The van der Waals surface area contributed by atoms with Crippen LogP contribution in [-0.2, 0) is 6.54 Å². The van der Waals surface area contributed by atoms with Crippen LogP contribution in [0.25, 0.3) is 10.4 Å². The standard InChI is InChI=1S/C7H5Br2N3/c8-6-2-1-3-7(9)5(6)4-11-12-10/h1-3H,4H2. The van der Waals surface area contributed by atoms with Gasteiger partial charge >= 0.3 is 0 Å². The fourth-order valence-electron chi connectivity index (χ4n) is 0.786. The summed E-state index contributed by atoms with van der Waals surface area (Å²) in [6.07, 6.45) is 0. The molecule has 0 aliphatic rings. The molecule has 0 heterocycles. The number of nitrogens with zero attached hydrogens (tertiary/aromatic N) is 3. The van der Waals surface area contributed by atoms with Crippen molar-refractivity contribution in [2.75, 3.05) is 0 Å². The number of hydrogen-bond donors (Lipinski definition) is 0. The minimum Gasteiger partial charge on any atom is -0.0892 e. The number of azide groups is 1. The van der Waals surface area contributed by atoms with Crippen molar-refractivity contribution < 1.29 is 0 Å². The van der Waals surface area contributed by atoms with Crippen LogP contribution in [0.2, 0.25) is 0 Å². The largest absolute Gasteiger partial charge is 0.0892 e. The molecule has 0 fully saturated rings. The monoisotopic (exact) mass is 289 g/mol. The third-order valence-electron chi connectivity index (χ3n) is 1.35. The first-order valence-corrected chi connectivity index (χ1v) is 4.78. The predicted molar refractivity (Wildman–Crippen MR) is 54.7 cm³/mol. The highest BCUT2D eigenvalue weighted by Crippen LogP contribution is 2.25. The summed E-state index contributed by atoms with van der Waals surface area (Å²) in [6, 6.07) is 5.73. The van der Waals surface area contributed by atoms with Crippen LogP contribution in [0.15, 0.2) is 32.3 Å². The summed E-state index contributed by atoms with van der Waals surface area (Å²) in [6.45, 7) is 0.360. The second kappa shape index (κ2) is 4.50. The molecule has 3 nitrogen and oxygen atoms in total. The number of halogens is 2. The summed E-state index contributed by atoms with van der Waals surface area (Å²) in [5.74, 6) is 0. The Labute approximate surface area is 86.7 Å². The lowest BCUT2D eigenvalue weighted by atomic mass is 10.2. The molecule has 0 saturated heterocycles.